The number of aryl methyl sites for hydroxylation is 2. The number of Topliss-reactive ketones (excluding diaryl/α,β-unsaturated/α-hetero) is 1. The van der Waals surface area contributed by atoms with Crippen LogP contribution in [0.5, 0.6) is 0 Å². The van der Waals surface area contributed by atoms with Crippen molar-refractivity contribution in [2.75, 3.05) is 17.5 Å². The van der Waals surface area contributed by atoms with Gasteiger partial charge in [-0.2, -0.15) is 0 Å². The molecule has 0 fully saturated rings. The summed E-state index contributed by atoms with van der Waals surface area (Å²) in [6.45, 7) is 3.00. The monoisotopic (exact) mass is 597 g/mol. The smallest absolute Gasteiger partial charge is 0.326 e. The number of amidine groups is 1. The third kappa shape index (κ3) is 5.98. The average molecular weight is 598 g/mol. The highest BCUT2D eigenvalue weighted by molar-refractivity contribution is 7.93. The van der Waals surface area contributed by atoms with Crippen LogP contribution in [0.2, 0.25) is 0 Å². The van der Waals surface area contributed by atoms with E-state index < -0.39 is 22.5 Å². The van der Waals surface area contributed by atoms with Gasteiger partial charge in [0.05, 0.1) is 17.8 Å². The number of pyridine rings is 1. The maximum atomic E-state index is 14.1. The van der Waals surface area contributed by atoms with E-state index in [1.165, 1.54) is 12.3 Å². The van der Waals surface area contributed by atoms with Crippen LogP contribution in [0.1, 0.15) is 40.5 Å². The molecule has 0 atom stereocenters. The van der Waals surface area contributed by atoms with Crippen LogP contribution < -0.4 is 10.0 Å². The number of nitrogens with zero attached hydrogens (tertiary/aromatic N) is 2. The molecule has 0 amide bonds. The normalized spacial score (nSPS) is 11.5. The fourth-order valence-corrected chi connectivity index (χ4v) is 6.68. The van der Waals surface area contributed by atoms with E-state index in [0.717, 1.165) is 9.87 Å². The van der Waals surface area contributed by atoms with Crippen molar-refractivity contribution in [2.45, 2.75) is 31.6 Å². The minimum atomic E-state index is -4.26. The van der Waals surface area contributed by atoms with Crippen LogP contribution in [0.15, 0.2) is 83.9 Å². The molecular weight excluding hydrogens is 566 g/mol. The van der Waals surface area contributed by atoms with Crippen molar-refractivity contribution < 1.29 is 22.7 Å². The van der Waals surface area contributed by atoms with Gasteiger partial charge in [0, 0.05) is 45.7 Å². The van der Waals surface area contributed by atoms with E-state index in [1.54, 1.807) is 68.4 Å². The van der Waals surface area contributed by atoms with Crippen LogP contribution in [-0.2, 0) is 26.0 Å². The summed E-state index contributed by atoms with van der Waals surface area (Å²) in [6, 6.07) is 20.5. The molecule has 3 aromatic carbocycles. The van der Waals surface area contributed by atoms with E-state index in [1.807, 2.05) is 12.1 Å². The summed E-state index contributed by atoms with van der Waals surface area (Å²) < 4.78 is 34.3. The van der Waals surface area contributed by atoms with E-state index in [4.69, 9.17) is 15.9 Å². The Kier molecular flexibility index (Phi) is 8.27. The summed E-state index contributed by atoms with van der Waals surface area (Å²) in [4.78, 5) is 33.4. The van der Waals surface area contributed by atoms with Gasteiger partial charge in [-0.1, -0.05) is 48.5 Å². The number of aromatic nitrogens is 2. The lowest BCUT2D eigenvalue weighted by Crippen LogP contribution is -2.36. The fourth-order valence-electron chi connectivity index (χ4n) is 5.11. The van der Waals surface area contributed by atoms with Crippen LogP contribution in [0.25, 0.3) is 21.8 Å². The number of ketones is 1. The van der Waals surface area contributed by atoms with Crippen molar-refractivity contribution in [3.63, 3.8) is 0 Å². The Morgan fingerprint density at radius 1 is 1.05 bits per heavy atom. The van der Waals surface area contributed by atoms with E-state index in [2.05, 4.69) is 9.97 Å². The molecule has 10 nitrogen and oxygen atoms in total. The number of hydrogen-bond acceptors (Lipinski definition) is 7. The minimum absolute atomic E-state index is 0.0150. The lowest BCUT2D eigenvalue weighted by atomic mass is 9.99. The number of anilines is 1. The van der Waals surface area contributed by atoms with Gasteiger partial charge in [0.15, 0.2) is 5.78 Å². The van der Waals surface area contributed by atoms with Gasteiger partial charge < -0.3 is 15.5 Å². The lowest BCUT2D eigenvalue weighted by Gasteiger charge is -2.24. The van der Waals surface area contributed by atoms with Crippen molar-refractivity contribution in [3.8, 4) is 0 Å². The van der Waals surface area contributed by atoms with Gasteiger partial charge in [0.1, 0.15) is 17.3 Å². The Hall–Kier alpha value is -5.03. The number of H-pyrrole nitrogens is 1. The number of nitrogens with one attached hydrogen (secondary N) is 2. The summed E-state index contributed by atoms with van der Waals surface area (Å²) in [6.07, 6.45) is 2.28. The molecule has 0 aliphatic heterocycles. The van der Waals surface area contributed by atoms with E-state index in [0.29, 0.717) is 45.0 Å². The highest BCUT2D eigenvalue weighted by atomic mass is 32.2. The molecule has 0 spiro atoms. The number of benzene rings is 3. The average Bonchev–Trinajstić information content (AvgIpc) is 3.33. The number of aromatic amines is 1. The number of nitrogen functional groups attached to an aromatic ring is 1. The second-order valence-corrected chi connectivity index (χ2v) is 11.9. The first-order chi connectivity index (χ1) is 20.6. The topological polar surface area (TPSA) is 159 Å². The molecule has 0 unspecified atom stereocenters. The van der Waals surface area contributed by atoms with Crippen LogP contribution in [0.3, 0.4) is 0 Å². The Bertz CT molecular complexity index is 1960. The van der Waals surface area contributed by atoms with Gasteiger partial charge in [-0.25, -0.2) is 8.42 Å². The minimum Gasteiger partial charge on any atom is -0.465 e. The molecule has 0 bridgehead atoms. The first-order valence-electron chi connectivity index (χ1n) is 13.7. The van der Waals surface area contributed by atoms with E-state index >= 15 is 0 Å². The number of fused-ring (bicyclic) bond motifs is 2. The van der Waals surface area contributed by atoms with Crippen molar-refractivity contribution in [3.05, 3.63) is 101 Å². The molecule has 5 rings (SSSR count). The molecule has 5 aromatic rings. The number of carbonyl (C=O) groups excluding carboxylic acids is 2. The molecule has 11 heteroatoms. The SMILES string of the molecule is CCOC(=O)CN(c1ccc2c(C(=O)CCc3ccc(C(=N)N)cc3)c(C)[nH]c2c1)S(=O)(=O)c1cccc2cccnc12. The molecular formula is C32H31N5O5S. The largest absolute Gasteiger partial charge is 0.465 e. The van der Waals surface area contributed by atoms with Crippen LogP contribution in [0, 0.1) is 12.3 Å². The summed E-state index contributed by atoms with van der Waals surface area (Å²) in [5, 5.41) is 8.83. The molecule has 4 N–H and O–H groups in total. The maximum Gasteiger partial charge on any atom is 0.326 e. The Morgan fingerprint density at radius 2 is 1.79 bits per heavy atom. The summed E-state index contributed by atoms with van der Waals surface area (Å²) >= 11 is 0. The third-order valence-corrected chi connectivity index (χ3v) is 8.99. The van der Waals surface area contributed by atoms with Gasteiger partial charge in [-0.05, 0) is 50.1 Å². The summed E-state index contributed by atoms with van der Waals surface area (Å²) in [7, 11) is -4.26. The number of para-hydroxylation sites is 1. The summed E-state index contributed by atoms with van der Waals surface area (Å²) in [5.41, 5.74) is 9.36. The number of esters is 1. The quantitative estimate of drug-likeness (QED) is 0.0846. The van der Waals surface area contributed by atoms with Gasteiger partial charge in [0.25, 0.3) is 10.0 Å². The zero-order chi connectivity index (χ0) is 30.7. The van der Waals surface area contributed by atoms with Crippen LogP contribution in [0.4, 0.5) is 5.69 Å². The zero-order valence-corrected chi connectivity index (χ0v) is 24.6. The lowest BCUT2D eigenvalue weighted by molar-refractivity contribution is -0.141. The number of nitrogens with two attached hydrogens (primary N) is 1. The van der Waals surface area contributed by atoms with Crippen molar-refractivity contribution in [2.24, 2.45) is 5.73 Å². The van der Waals surface area contributed by atoms with Crippen molar-refractivity contribution >= 4 is 55.1 Å². The standard InChI is InChI=1S/C32H31N5O5S/c1-3-42-29(39)19-37(43(40,41)28-8-4-6-22-7-5-17-35-31(22)28)24-14-15-25-26(18-24)36-20(2)30(25)27(38)16-11-21-9-12-23(13-10-21)32(33)34/h4-10,12-15,17-18,36H,3,11,16,19H2,1-2H3,(H3,33,34). The zero-order valence-electron chi connectivity index (χ0n) is 23.8. The highest BCUT2D eigenvalue weighted by Crippen LogP contribution is 2.32. The molecule has 0 saturated carbocycles. The van der Waals surface area contributed by atoms with Crippen LogP contribution in [-0.4, -0.2) is 49.1 Å². The Morgan fingerprint density at radius 3 is 2.51 bits per heavy atom. The number of ether oxygens (including phenoxy) is 1. The second kappa shape index (κ2) is 12.1. The van der Waals surface area contributed by atoms with Crippen molar-refractivity contribution in [1.29, 1.82) is 5.41 Å². The number of sulfonamides is 1. The van der Waals surface area contributed by atoms with Gasteiger partial charge in [0.2, 0.25) is 0 Å². The Balaban J connectivity index is 1.49. The highest BCUT2D eigenvalue weighted by Gasteiger charge is 2.30. The first-order valence-corrected chi connectivity index (χ1v) is 15.1. The number of carbonyl (C=O) groups is 2. The predicted octanol–water partition coefficient (Wildman–Crippen LogP) is 4.88. The Labute approximate surface area is 249 Å². The predicted molar refractivity (Wildman–Crippen MR) is 166 cm³/mol. The molecule has 0 radical (unpaired) electrons. The van der Waals surface area contributed by atoms with Crippen LogP contribution >= 0.6 is 0 Å². The van der Waals surface area contributed by atoms with E-state index in [9.17, 15) is 18.0 Å². The number of hydrogen-bond donors (Lipinski definition) is 3. The molecule has 220 valence electrons. The molecule has 2 aromatic heterocycles. The fraction of sp³-hybridized carbons (Fsp3) is 0.188. The van der Waals surface area contributed by atoms with Gasteiger partial charge >= 0.3 is 5.97 Å². The van der Waals surface area contributed by atoms with Gasteiger partial charge in [-0.3, -0.25) is 24.3 Å². The second-order valence-electron chi connectivity index (χ2n) is 10.0. The van der Waals surface area contributed by atoms with Crippen molar-refractivity contribution in [1.82, 2.24) is 9.97 Å². The molecule has 0 saturated heterocycles. The molecule has 0 aliphatic carbocycles. The maximum absolute atomic E-state index is 14.1. The molecule has 43 heavy (non-hydrogen) atoms. The molecule has 2 heterocycles. The first kappa shape index (κ1) is 29.5. The summed E-state index contributed by atoms with van der Waals surface area (Å²) in [5.74, 6) is -0.780. The molecule has 0 aliphatic rings. The van der Waals surface area contributed by atoms with E-state index in [-0.39, 0.29) is 35.2 Å². The third-order valence-electron chi connectivity index (χ3n) is 7.18. The van der Waals surface area contributed by atoms with Gasteiger partial charge in [-0.15, -0.1) is 0 Å². The number of rotatable bonds is 11.